The molecule has 2 rings (SSSR count). The maximum absolute atomic E-state index is 12.7. The molecule has 0 unspecified atom stereocenters. The van der Waals surface area contributed by atoms with E-state index in [4.69, 9.17) is 0 Å². The van der Waals surface area contributed by atoms with Gasteiger partial charge in [0.15, 0.2) is 5.82 Å². The highest BCUT2D eigenvalue weighted by Gasteiger charge is 2.01. The second-order valence-electron chi connectivity index (χ2n) is 3.85. The summed E-state index contributed by atoms with van der Waals surface area (Å²) in [4.78, 5) is 0. The van der Waals surface area contributed by atoms with Gasteiger partial charge in [0, 0.05) is 0 Å². The summed E-state index contributed by atoms with van der Waals surface area (Å²) in [6, 6.07) is 7.97. The molecule has 0 fully saturated rings. The fourth-order valence-corrected chi connectivity index (χ4v) is 1.45. The Morgan fingerprint density at radius 3 is 2.33 bits per heavy atom. The summed E-state index contributed by atoms with van der Waals surface area (Å²) in [5, 5.41) is 3.90. The zero-order valence-electron chi connectivity index (χ0n) is 8.81. The Balaban J connectivity index is 2.31. The summed E-state index contributed by atoms with van der Waals surface area (Å²) in [6.45, 7) is 4.28. The van der Waals surface area contributed by atoms with E-state index < -0.39 is 0 Å². The summed E-state index contributed by atoms with van der Waals surface area (Å²) in [5.74, 6) is 0.191. The monoisotopic (exact) mass is 204 g/mol. The van der Waals surface area contributed by atoms with Gasteiger partial charge in [0.1, 0.15) is 0 Å². The lowest BCUT2D eigenvalue weighted by atomic mass is 10.0. The quantitative estimate of drug-likeness (QED) is 0.734. The fraction of sp³-hybridized carbons (Fsp3) is 0.250. The van der Waals surface area contributed by atoms with Crippen LogP contribution in [0.4, 0.5) is 4.39 Å². The SMILES string of the molecule is CC(C)c1ccc(-n2cc(F)cn2)cc1. The number of nitrogens with zero attached hydrogens (tertiary/aromatic N) is 2. The van der Waals surface area contributed by atoms with Crippen LogP contribution in [0.25, 0.3) is 5.69 Å². The molecule has 0 saturated heterocycles. The summed E-state index contributed by atoms with van der Waals surface area (Å²) >= 11 is 0. The standard InChI is InChI=1S/C12H13FN2/c1-9(2)10-3-5-12(6-4-10)15-8-11(13)7-14-15/h3-9H,1-2H3. The van der Waals surface area contributed by atoms with E-state index in [1.54, 1.807) is 0 Å². The number of rotatable bonds is 2. The molecule has 15 heavy (non-hydrogen) atoms. The van der Waals surface area contributed by atoms with Crippen molar-refractivity contribution in [3.63, 3.8) is 0 Å². The highest BCUT2D eigenvalue weighted by atomic mass is 19.1. The molecule has 0 radical (unpaired) electrons. The van der Waals surface area contributed by atoms with E-state index in [0.717, 1.165) is 5.69 Å². The van der Waals surface area contributed by atoms with Crippen LogP contribution in [0, 0.1) is 5.82 Å². The maximum atomic E-state index is 12.7. The van der Waals surface area contributed by atoms with E-state index >= 15 is 0 Å². The van der Waals surface area contributed by atoms with Crippen LogP contribution in [-0.2, 0) is 0 Å². The number of hydrogen-bond acceptors (Lipinski definition) is 1. The van der Waals surface area contributed by atoms with Gasteiger partial charge in [-0.2, -0.15) is 5.10 Å². The number of hydrogen-bond donors (Lipinski definition) is 0. The highest BCUT2D eigenvalue weighted by molar-refractivity contribution is 5.34. The van der Waals surface area contributed by atoms with Gasteiger partial charge in [-0.15, -0.1) is 0 Å². The summed E-state index contributed by atoms with van der Waals surface area (Å²) in [6.07, 6.45) is 2.57. The Labute approximate surface area is 88.4 Å². The Kier molecular flexibility index (Phi) is 2.54. The van der Waals surface area contributed by atoms with Crippen molar-refractivity contribution in [2.45, 2.75) is 19.8 Å². The molecule has 0 atom stereocenters. The van der Waals surface area contributed by atoms with Crippen molar-refractivity contribution in [2.75, 3.05) is 0 Å². The van der Waals surface area contributed by atoms with Crippen LogP contribution in [0.1, 0.15) is 25.3 Å². The molecule has 3 heteroatoms. The molecule has 1 aromatic heterocycles. The Bertz CT molecular complexity index is 443. The van der Waals surface area contributed by atoms with Crippen LogP contribution in [0.3, 0.4) is 0 Å². The minimum Gasteiger partial charge on any atom is -0.238 e. The Morgan fingerprint density at radius 1 is 1.20 bits per heavy atom. The normalized spacial score (nSPS) is 10.9. The fourth-order valence-electron chi connectivity index (χ4n) is 1.45. The highest BCUT2D eigenvalue weighted by Crippen LogP contribution is 2.16. The van der Waals surface area contributed by atoms with Crippen molar-refractivity contribution in [2.24, 2.45) is 0 Å². The number of benzene rings is 1. The molecule has 0 spiro atoms. The van der Waals surface area contributed by atoms with Crippen LogP contribution in [0.15, 0.2) is 36.7 Å². The molecule has 0 saturated carbocycles. The lowest BCUT2D eigenvalue weighted by molar-refractivity contribution is 0.627. The van der Waals surface area contributed by atoms with Gasteiger partial charge in [0.2, 0.25) is 0 Å². The Hall–Kier alpha value is -1.64. The first-order valence-electron chi connectivity index (χ1n) is 4.97. The van der Waals surface area contributed by atoms with Crippen molar-refractivity contribution in [3.05, 3.63) is 48.0 Å². The largest absolute Gasteiger partial charge is 0.238 e. The molecule has 0 amide bonds. The van der Waals surface area contributed by atoms with E-state index in [-0.39, 0.29) is 5.82 Å². The molecule has 2 nitrogen and oxygen atoms in total. The first-order valence-corrected chi connectivity index (χ1v) is 4.97. The molecule has 1 heterocycles. The molecule has 1 aromatic carbocycles. The van der Waals surface area contributed by atoms with Gasteiger partial charge in [-0.25, -0.2) is 9.07 Å². The molecule has 0 aliphatic carbocycles. The van der Waals surface area contributed by atoms with Crippen LogP contribution < -0.4 is 0 Å². The lowest BCUT2D eigenvalue weighted by Gasteiger charge is -2.06. The molecule has 78 valence electrons. The number of aromatic nitrogens is 2. The number of halogens is 1. The van der Waals surface area contributed by atoms with Crippen molar-refractivity contribution in [1.82, 2.24) is 9.78 Å². The van der Waals surface area contributed by atoms with Crippen LogP contribution in [-0.4, -0.2) is 9.78 Å². The van der Waals surface area contributed by atoms with Crippen molar-refractivity contribution < 1.29 is 4.39 Å². The van der Waals surface area contributed by atoms with Gasteiger partial charge in [-0.1, -0.05) is 26.0 Å². The van der Waals surface area contributed by atoms with Crippen LogP contribution >= 0.6 is 0 Å². The molecule has 0 N–H and O–H groups in total. The molecule has 0 bridgehead atoms. The summed E-state index contributed by atoms with van der Waals surface area (Å²) in [7, 11) is 0. The topological polar surface area (TPSA) is 17.8 Å². The van der Waals surface area contributed by atoms with Crippen LogP contribution in [0.2, 0.25) is 0 Å². The second kappa shape index (κ2) is 3.85. The minimum absolute atomic E-state index is 0.317. The average molecular weight is 204 g/mol. The third-order valence-corrected chi connectivity index (χ3v) is 2.38. The average Bonchev–Trinajstić information content (AvgIpc) is 2.65. The predicted molar refractivity (Wildman–Crippen MR) is 57.6 cm³/mol. The van der Waals surface area contributed by atoms with E-state index in [1.165, 1.54) is 22.6 Å². The van der Waals surface area contributed by atoms with Crippen molar-refractivity contribution >= 4 is 0 Å². The summed E-state index contributed by atoms with van der Waals surface area (Å²) in [5.41, 5.74) is 2.15. The summed E-state index contributed by atoms with van der Waals surface area (Å²) < 4.78 is 14.3. The molecule has 2 aromatic rings. The third kappa shape index (κ3) is 2.06. The van der Waals surface area contributed by atoms with E-state index in [2.05, 4.69) is 18.9 Å². The zero-order valence-corrected chi connectivity index (χ0v) is 8.81. The van der Waals surface area contributed by atoms with Gasteiger partial charge in [-0.05, 0) is 23.6 Å². The van der Waals surface area contributed by atoms with Crippen molar-refractivity contribution in [3.8, 4) is 5.69 Å². The zero-order chi connectivity index (χ0) is 10.8. The first kappa shape index (κ1) is 9.90. The van der Waals surface area contributed by atoms with Gasteiger partial charge in [-0.3, -0.25) is 0 Å². The van der Waals surface area contributed by atoms with E-state index in [9.17, 15) is 4.39 Å². The predicted octanol–water partition coefficient (Wildman–Crippen LogP) is 3.13. The Morgan fingerprint density at radius 2 is 1.87 bits per heavy atom. The lowest BCUT2D eigenvalue weighted by Crippen LogP contribution is -1.95. The maximum Gasteiger partial charge on any atom is 0.161 e. The van der Waals surface area contributed by atoms with Gasteiger partial charge < -0.3 is 0 Å². The van der Waals surface area contributed by atoms with E-state index in [1.807, 2.05) is 24.3 Å². The molecular formula is C12H13FN2. The second-order valence-corrected chi connectivity index (χ2v) is 3.85. The molecule has 0 aliphatic heterocycles. The first-order chi connectivity index (χ1) is 7.16. The van der Waals surface area contributed by atoms with Crippen LogP contribution in [0.5, 0.6) is 0 Å². The minimum atomic E-state index is -0.317. The van der Waals surface area contributed by atoms with Gasteiger partial charge >= 0.3 is 0 Å². The van der Waals surface area contributed by atoms with E-state index in [0.29, 0.717) is 5.92 Å². The van der Waals surface area contributed by atoms with Gasteiger partial charge in [0.05, 0.1) is 18.1 Å². The smallest absolute Gasteiger partial charge is 0.161 e. The molecule has 0 aliphatic rings. The van der Waals surface area contributed by atoms with Crippen molar-refractivity contribution in [1.29, 1.82) is 0 Å². The third-order valence-electron chi connectivity index (χ3n) is 2.38. The van der Waals surface area contributed by atoms with Gasteiger partial charge in [0.25, 0.3) is 0 Å². The molecular weight excluding hydrogens is 191 g/mol.